The molecule has 10 heteroatoms. The molecule has 0 unspecified atom stereocenters. The van der Waals surface area contributed by atoms with Gasteiger partial charge in [-0.3, -0.25) is 10.1 Å². The first-order valence-electron chi connectivity index (χ1n) is 4.03. The smallest absolute Gasteiger partial charge is 0.320 e. The number of rotatable bonds is 2. The fourth-order valence-electron chi connectivity index (χ4n) is 0.913. The fourth-order valence-corrected chi connectivity index (χ4v) is 0.913. The normalized spacial score (nSPS) is 9.41. The lowest BCUT2D eigenvalue weighted by molar-refractivity contribution is -0.502. The van der Waals surface area contributed by atoms with Crippen molar-refractivity contribution in [2.75, 3.05) is 0 Å². The van der Waals surface area contributed by atoms with Crippen LogP contribution < -0.4 is 0 Å². The Hall–Kier alpha value is -2.91. The molecule has 1 aromatic rings. The maximum Gasteiger partial charge on any atom is 0.675 e. The summed E-state index contributed by atoms with van der Waals surface area (Å²) in [5.41, 5.74) is -0.355. The number of hydrogen-bond donors (Lipinski definition) is 0. The summed E-state index contributed by atoms with van der Waals surface area (Å²) in [7, 11) is 0. The molecule has 0 N–H and O–H groups in total. The summed E-state index contributed by atoms with van der Waals surface area (Å²) < 4.78 is 0. The van der Waals surface area contributed by atoms with E-state index in [0.717, 1.165) is 24.3 Å². The highest BCUT2D eigenvalue weighted by molar-refractivity contribution is 5.67. The standard InChI is InChI=1S/C7H4N4O6/c12-9(13)6-3-1-5(2-4-6)8-7(10(14)15)11(16)17/h1-4H. The molecule has 0 aliphatic rings. The molecule has 10 nitrogen and oxygen atoms in total. The predicted molar refractivity (Wildman–Crippen MR) is 54.2 cm³/mol. The number of hydrogen-bond acceptors (Lipinski definition) is 7. The van der Waals surface area contributed by atoms with Gasteiger partial charge in [0.25, 0.3) is 5.69 Å². The first-order valence-corrected chi connectivity index (χ1v) is 4.03. The number of nitro benzene ring substituents is 1. The van der Waals surface area contributed by atoms with E-state index in [9.17, 15) is 30.3 Å². The molecule has 0 amide bonds. The first kappa shape index (κ1) is 12.2. The predicted octanol–water partition coefficient (Wildman–Crippen LogP) is 1.14. The van der Waals surface area contributed by atoms with Gasteiger partial charge < -0.3 is 20.2 Å². The van der Waals surface area contributed by atoms with Crippen LogP contribution in [-0.4, -0.2) is 20.7 Å². The molecule has 0 atom stereocenters. The van der Waals surface area contributed by atoms with E-state index < -0.39 is 20.7 Å². The molecule has 0 spiro atoms. The van der Waals surface area contributed by atoms with Gasteiger partial charge >= 0.3 is 5.96 Å². The van der Waals surface area contributed by atoms with Crippen molar-refractivity contribution >= 4 is 17.3 Å². The van der Waals surface area contributed by atoms with Gasteiger partial charge in [0.15, 0.2) is 0 Å². The first-order chi connectivity index (χ1) is 7.91. The third-order valence-electron chi connectivity index (χ3n) is 1.62. The molecule has 0 saturated heterocycles. The van der Waals surface area contributed by atoms with Crippen LogP contribution in [-0.2, 0) is 0 Å². The molecule has 0 fully saturated rings. The van der Waals surface area contributed by atoms with Gasteiger partial charge in [-0.05, 0) is 0 Å². The largest absolute Gasteiger partial charge is 0.675 e. The average molecular weight is 240 g/mol. The Labute approximate surface area is 92.7 Å². The van der Waals surface area contributed by atoms with Crippen molar-refractivity contribution in [2.24, 2.45) is 4.99 Å². The maximum atomic E-state index is 10.3. The van der Waals surface area contributed by atoms with Crippen LogP contribution >= 0.6 is 0 Å². The third-order valence-corrected chi connectivity index (χ3v) is 1.62. The van der Waals surface area contributed by atoms with Crippen molar-refractivity contribution in [3.63, 3.8) is 0 Å². The second-order valence-electron chi connectivity index (χ2n) is 2.70. The van der Waals surface area contributed by atoms with Crippen LogP contribution in [0.1, 0.15) is 0 Å². The molecule has 1 rings (SSSR count). The molecule has 0 aliphatic carbocycles. The Morgan fingerprint density at radius 1 is 0.941 bits per heavy atom. The zero-order valence-electron chi connectivity index (χ0n) is 8.05. The van der Waals surface area contributed by atoms with E-state index in [1.807, 2.05) is 0 Å². The summed E-state index contributed by atoms with van der Waals surface area (Å²) in [4.78, 5) is 30.8. The summed E-state index contributed by atoms with van der Waals surface area (Å²) in [6, 6.07) is 4.23. The zero-order chi connectivity index (χ0) is 13.0. The van der Waals surface area contributed by atoms with Gasteiger partial charge in [-0.25, -0.2) is 0 Å². The fraction of sp³-hybridized carbons (Fsp3) is 0. The highest BCUT2D eigenvalue weighted by atomic mass is 16.7. The highest BCUT2D eigenvalue weighted by Crippen LogP contribution is 2.18. The molecule has 0 aromatic heterocycles. The number of nitro groups is 3. The van der Waals surface area contributed by atoms with Gasteiger partial charge in [-0.15, -0.1) is 0 Å². The SMILES string of the molecule is O=[N+]([O-])C(=Nc1ccc([N+](=O)[O-])cc1)[N+](=O)[O-]. The van der Waals surface area contributed by atoms with Gasteiger partial charge in [0.1, 0.15) is 0 Å². The van der Waals surface area contributed by atoms with E-state index in [1.165, 1.54) is 0 Å². The lowest BCUT2D eigenvalue weighted by Gasteiger charge is -1.89. The minimum atomic E-state index is -1.45. The van der Waals surface area contributed by atoms with Crippen molar-refractivity contribution in [2.45, 2.75) is 0 Å². The summed E-state index contributed by atoms with van der Waals surface area (Å²) in [5.74, 6) is -1.45. The van der Waals surface area contributed by atoms with Crippen molar-refractivity contribution < 1.29 is 14.8 Å². The Kier molecular flexibility index (Phi) is 3.39. The quantitative estimate of drug-likeness (QED) is 0.328. The van der Waals surface area contributed by atoms with E-state index in [-0.39, 0.29) is 11.4 Å². The maximum absolute atomic E-state index is 10.3. The molecule has 0 bridgehead atoms. The Bertz CT molecular complexity index is 492. The number of benzene rings is 1. The number of nitrogens with zero attached hydrogens (tertiary/aromatic N) is 4. The van der Waals surface area contributed by atoms with Crippen LogP contribution in [0.5, 0.6) is 0 Å². The van der Waals surface area contributed by atoms with Crippen LogP contribution in [0, 0.1) is 30.3 Å². The molecular formula is C7H4N4O6. The third kappa shape index (κ3) is 3.02. The second-order valence-corrected chi connectivity index (χ2v) is 2.70. The lowest BCUT2D eigenvalue weighted by Crippen LogP contribution is -2.21. The summed E-state index contributed by atoms with van der Waals surface area (Å²) in [6.45, 7) is 0. The van der Waals surface area contributed by atoms with E-state index in [1.54, 1.807) is 0 Å². The van der Waals surface area contributed by atoms with Crippen molar-refractivity contribution in [1.82, 2.24) is 0 Å². The van der Waals surface area contributed by atoms with Gasteiger partial charge in [0, 0.05) is 24.3 Å². The molecule has 0 saturated carbocycles. The second kappa shape index (κ2) is 4.74. The Morgan fingerprint density at radius 3 is 1.76 bits per heavy atom. The summed E-state index contributed by atoms with van der Waals surface area (Å²) in [5, 5.41) is 30.8. The number of non-ortho nitro benzene ring substituents is 1. The Balaban J connectivity index is 3.09. The van der Waals surface area contributed by atoms with Crippen molar-refractivity contribution in [3.8, 4) is 0 Å². The van der Waals surface area contributed by atoms with Crippen LogP contribution in [0.25, 0.3) is 0 Å². The lowest BCUT2D eigenvalue weighted by atomic mass is 10.3. The zero-order valence-corrected chi connectivity index (χ0v) is 8.05. The minimum absolute atomic E-state index is 0.112. The van der Waals surface area contributed by atoms with Gasteiger partial charge in [-0.2, -0.15) is 0 Å². The van der Waals surface area contributed by atoms with Crippen LogP contribution in [0.4, 0.5) is 11.4 Å². The summed E-state index contributed by atoms with van der Waals surface area (Å²) >= 11 is 0. The van der Waals surface area contributed by atoms with E-state index in [0.29, 0.717) is 0 Å². The molecule has 0 heterocycles. The van der Waals surface area contributed by atoms with Crippen LogP contribution in [0.15, 0.2) is 29.3 Å². The Morgan fingerprint density at radius 2 is 1.41 bits per heavy atom. The van der Waals surface area contributed by atoms with Gasteiger partial charge in [0.05, 0.1) is 19.8 Å². The van der Waals surface area contributed by atoms with Gasteiger partial charge in [0.2, 0.25) is 5.69 Å². The van der Waals surface area contributed by atoms with Gasteiger partial charge in [-0.1, -0.05) is 0 Å². The van der Waals surface area contributed by atoms with Crippen LogP contribution in [0.3, 0.4) is 0 Å². The number of guanidine groups is 1. The topological polar surface area (TPSA) is 142 Å². The molecule has 88 valence electrons. The molecule has 1 aromatic carbocycles. The van der Waals surface area contributed by atoms with E-state index in [2.05, 4.69) is 4.99 Å². The molecule has 0 radical (unpaired) electrons. The molecular weight excluding hydrogens is 236 g/mol. The number of aliphatic imine (C=N–C) groups is 1. The average Bonchev–Trinajstić information content (AvgIpc) is 2.25. The molecule has 17 heavy (non-hydrogen) atoms. The van der Waals surface area contributed by atoms with E-state index >= 15 is 0 Å². The van der Waals surface area contributed by atoms with E-state index in [4.69, 9.17) is 0 Å². The summed E-state index contributed by atoms with van der Waals surface area (Å²) in [6.07, 6.45) is 0. The van der Waals surface area contributed by atoms with Crippen LogP contribution in [0.2, 0.25) is 0 Å². The highest BCUT2D eigenvalue weighted by Gasteiger charge is 2.28. The monoisotopic (exact) mass is 240 g/mol. The molecule has 0 aliphatic heterocycles. The van der Waals surface area contributed by atoms with Crippen molar-refractivity contribution in [3.05, 3.63) is 54.6 Å². The van der Waals surface area contributed by atoms with Crippen molar-refractivity contribution in [1.29, 1.82) is 0 Å². The minimum Gasteiger partial charge on any atom is -0.320 e.